The molecule has 4 N–H and O–H groups in total. The first-order valence-corrected chi connectivity index (χ1v) is 6.87. The normalized spacial score (nSPS) is 11.6. The average Bonchev–Trinajstić information content (AvgIpc) is 2.37. The zero-order valence-electron chi connectivity index (χ0n) is 11.4. The third kappa shape index (κ3) is 11.6. The van der Waals surface area contributed by atoms with Crippen molar-refractivity contribution in [3.8, 4) is 0 Å². The summed E-state index contributed by atoms with van der Waals surface area (Å²) in [5.74, 6) is -0.990. The summed E-state index contributed by atoms with van der Waals surface area (Å²) in [5.41, 5.74) is 0. The highest BCUT2D eigenvalue weighted by Gasteiger charge is 2.09. The summed E-state index contributed by atoms with van der Waals surface area (Å²) in [6, 6.07) is 0. The van der Waals surface area contributed by atoms with Crippen LogP contribution in [0.15, 0.2) is 0 Å². The fraction of sp³-hybridized carbons (Fsp3) is 0.636. The number of rotatable bonds is 9. The highest BCUT2D eigenvalue weighted by atomic mass is 32.2. The molecule has 0 radical (unpaired) electrons. The molecule has 1 unspecified atom stereocenters. The molecule has 0 aromatic carbocycles. The number of hydrogen-bond donors (Lipinski definition) is 4. The van der Waals surface area contributed by atoms with Gasteiger partial charge in [0.2, 0.25) is 11.8 Å². The first kappa shape index (κ1) is 18.6. The van der Waals surface area contributed by atoms with E-state index in [0.29, 0.717) is 0 Å². The fourth-order valence-electron chi connectivity index (χ4n) is 0.993. The maximum absolute atomic E-state index is 11.3. The molecule has 0 saturated carbocycles. The smallest absolute Gasteiger partial charge is 0.239 e. The first-order valence-electron chi connectivity index (χ1n) is 5.89. The van der Waals surface area contributed by atoms with Crippen LogP contribution in [-0.4, -0.2) is 59.4 Å². The first-order chi connectivity index (χ1) is 9.31. The van der Waals surface area contributed by atoms with Crippen LogP contribution < -0.4 is 16.0 Å². The van der Waals surface area contributed by atoms with E-state index < -0.39 is 18.0 Å². The minimum Gasteiger partial charge on any atom is -0.378 e. The summed E-state index contributed by atoms with van der Waals surface area (Å²) >= 11 is 0.939. The van der Waals surface area contributed by atoms with Crippen LogP contribution in [0.3, 0.4) is 0 Å². The van der Waals surface area contributed by atoms with Gasteiger partial charge in [-0.15, -0.1) is 0 Å². The van der Waals surface area contributed by atoms with Gasteiger partial charge in [-0.1, -0.05) is 11.8 Å². The summed E-state index contributed by atoms with van der Waals surface area (Å²) in [5, 5.41) is 16.4. The number of hydrogen-bond acceptors (Lipinski definition) is 7. The van der Waals surface area contributed by atoms with E-state index in [1.165, 1.54) is 13.8 Å². The molecule has 114 valence electrons. The van der Waals surface area contributed by atoms with Gasteiger partial charge in [0.05, 0.1) is 19.6 Å². The number of thioether (sulfide) groups is 1. The van der Waals surface area contributed by atoms with Crippen LogP contribution in [0.4, 0.5) is 0 Å². The Morgan fingerprint density at radius 1 is 1.00 bits per heavy atom. The van der Waals surface area contributed by atoms with E-state index in [0.717, 1.165) is 11.8 Å². The van der Waals surface area contributed by atoms with Gasteiger partial charge in [-0.25, -0.2) is 0 Å². The summed E-state index contributed by atoms with van der Waals surface area (Å²) < 4.78 is 0. The van der Waals surface area contributed by atoms with Crippen molar-refractivity contribution < 1.29 is 24.3 Å². The Morgan fingerprint density at radius 2 is 1.55 bits per heavy atom. The van der Waals surface area contributed by atoms with Crippen LogP contribution in [0.1, 0.15) is 13.8 Å². The fourth-order valence-corrected chi connectivity index (χ4v) is 1.50. The Morgan fingerprint density at radius 3 is 2.10 bits per heavy atom. The molecule has 0 aliphatic carbocycles. The van der Waals surface area contributed by atoms with E-state index in [1.54, 1.807) is 0 Å². The predicted molar refractivity (Wildman–Crippen MR) is 73.8 cm³/mol. The summed E-state index contributed by atoms with van der Waals surface area (Å²) in [6.07, 6.45) is -0.985. The predicted octanol–water partition coefficient (Wildman–Crippen LogP) is -2.00. The zero-order chi connectivity index (χ0) is 15.5. The number of amides is 2. The highest BCUT2D eigenvalue weighted by molar-refractivity contribution is 8.13. The standard InChI is InChI=1S/C11H19N3O5S/c1-7(15)3-12-9(17)4-13-10(18)5-14-11(19)6-20-8(2)16/h11,14,19H,3-6H2,1-2H3,(H,12,17)(H,13,18). The van der Waals surface area contributed by atoms with E-state index >= 15 is 0 Å². The van der Waals surface area contributed by atoms with Gasteiger partial charge in [0.25, 0.3) is 0 Å². The van der Waals surface area contributed by atoms with Gasteiger partial charge in [-0.2, -0.15) is 0 Å². The van der Waals surface area contributed by atoms with Gasteiger partial charge in [0.15, 0.2) is 5.12 Å². The van der Waals surface area contributed by atoms with Crippen LogP contribution in [0.5, 0.6) is 0 Å². The van der Waals surface area contributed by atoms with Gasteiger partial charge in [-0.3, -0.25) is 24.5 Å². The molecule has 0 aliphatic heterocycles. The maximum Gasteiger partial charge on any atom is 0.239 e. The van der Waals surface area contributed by atoms with Gasteiger partial charge >= 0.3 is 0 Å². The average molecular weight is 305 g/mol. The van der Waals surface area contributed by atoms with Crippen LogP contribution in [0.25, 0.3) is 0 Å². The third-order valence-electron chi connectivity index (χ3n) is 1.92. The molecule has 2 amide bonds. The molecule has 20 heavy (non-hydrogen) atoms. The topological polar surface area (TPSA) is 125 Å². The van der Waals surface area contributed by atoms with Crippen LogP contribution in [-0.2, 0) is 19.2 Å². The van der Waals surface area contributed by atoms with Crippen molar-refractivity contribution in [3.05, 3.63) is 0 Å². The highest BCUT2D eigenvalue weighted by Crippen LogP contribution is 2.01. The van der Waals surface area contributed by atoms with Crippen LogP contribution in [0.2, 0.25) is 0 Å². The largest absolute Gasteiger partial charge is 0.378 e. The molecule has 9 heteroatoms. The van der Waals surface area contributed by atoms with E-state index in [-0.39, 0.29) is 36.3 Å². The maximum atomic E-state index is 11.3. The Bertz CT molecular complexity index is 375. The molecule has 0 heterocycles. The molecule has 0 aliphatic rings. The van der Waals surface area contributed by atoms with Crippen molar-refractivity contribution >= 4 is 34.5 Å². The van der Waals surface area contributed by atoms with E-state index in [2.05, 4.69) is 16.0 Å². The van der Waals surface area contributed by atoms with Crippen molar-refractivity contribution in [2.75, 3.05) is 25.4 Å². The van der Waals surface area contributed by atoms with E-state index in [1.807, 2.05) is 0 Å². The second-order valence-electron chi connectivity index (χ2n) is 3.95. The number of ketones is 1. The molecule has 0 aromatic rings. The summed E-state index contributed by atoms with van der Waals surface area (Å²) in [6.45, 7) is 2.21. The minimum atomic E-state index is -0.985. The Balaban J connectivity index is 3.70. The van der Waals surface area contributed by atoms with Crippen molar-refractivity contribution in [1.82, 2.24) is 16.0 Å². The molecule has 0 aromatic heterocycles. The van der Waals surface area contributed by atoms with Crippen molar-refractivity contribution in [2.24, 2.45) is 0 Å². The quantitative estimate of drug-likeness (QED) is 0.363. The third-order valence-corrected chi connectivity index (χ3v) is 2.81. The van der Waals surface area contributed by atoms with Crippen LogP contribution >= 0.6 is 11.8 Å². The second-order valence-corrected chi connectivity index (χ2v) is 5.15. The Kier molecular flexibility index (Phi) is 9.60. The minimum absolute atomic E-state index is 0.0755. The Hall–Kier alpha value is -1.45. The van der Waals surface area contributed by atoms with Crippen molar-refractivity contribution in [2.45, 2.75) is 20.1 Å². The lowest BCUT2D eigenvalue weighted by molar-refractivity contribution is -0.126. The molecule has 0 spiro atoms. The number of carbonyl (C=O) groups is 4. The molecular weight excluding hydrogens is 286 g/mol. The summed E-state index contributed by atoms with van der Waals surface area (Å²) in [7, 11) is 0. The van der Waals surface area contributed by atoms with Crippen molar-refractivity contribution in [3.63, 3.8) is 0 Å². The van der Waals surface area contributed by atoms with Gasteiger partial charge < -0.3 is 15.7 Å². The van der Waals surface area contributed by atoms with Gasteiger partial charge in [-0.05, 0) is 6.92 Å². The molecule has 8 nitrogen and oxygen atoms in total. The number of nitrogens with one attached hydrogen (secondary N) is 3. The molecule has 0 saturated heterocycles. The van der Waals surface area contributed by atoms with E-state index in [4.69, 9.17) is 0 Å². The zero-order valence-corrected chi connectivity index (χ0v) is 12.2. The molecular formula is C11H19N3O5S. The number of Topliss-reactive ketones (excluding diaryl/α,β-unsaturated/α-hetero) is 1. The SMILES string of the molecule is CC(=O)CNC(=O)CNC(=O)CNC(O)CSC(C)=O. The second kappa shape index (κ2) is 10.4. The molecule has 1 atom stereocenters. The lowest BCUT2D eigenvalue weighted by Gasteiger charge is -2.11. The van der Waals surface area contributed by atoms with Crippen molar-refractivity contribution in [1.29, 1.82) is 0 Å². The Labute approximate surface area is 121 Å². The van der Waals surface area contributed by atoms with E-state index in [9.17, 15) is 24.3 Å². The lowest BCUT2D eigenvalue weighted by Crippen LogP contribution is -2.44. The molecule has 0 bridgehead atoms. The molecule has 0 rings (SSSR count). The lowest BCUT2D eigenvalue weighted by atomic mass is 10.4. The van der Waals surface area contributed by atoms with Crippen LogP contribution in [0, 0.1) is 0 Å². The number of aliphatic hydroxyl groups is 1. The number of carbonyl (C=O) groups excluding carboxylic acids is 4. The van der Waals surface area contributed by atoms with Gasteiger partial charge in [0, 0.05) is 12.7 Å². The summed E-state index contributed by atoms with van der Waals surface area (Å²) in [4.78, 5) is 43.8. The number of aliphatic hydroxyl groups excluding tert-OH is 1. The van der Waals surface area contributed by atoms with Gasteiger partial charge in [0.1, 0.15) is 12.0 Å². The monoisotopic (exact) mass is 305 g/mol. The molecule has 0 fully saturated rings.